The van der Waals surface area contributed by atoms with Crippen LogP contribution in [0.4, 0.5) is 11.4 Å². The zero-order chi connectivity index (χ0) is 14.5. The second-order valence-corrected chi connectivity index (χ2v) is 4.87. The molecule has 0 aliphatic carbocycles. The van der Waals surface area contributed by atoms with E-state index >= 15 is 0 Å². The van der Waals surface area contributed by atoms with Gasteiger partial charge >= 0.3 is 0 Å². The van der Waals surface area contributed by atoms with Gasteiger partial charge in [0.2, 0.25) is 5.91 Å². The lowest BCUT2D eigenvalue weighted by Gasteiger charge is -2.21. The predicted molar refractivity (Wildman–Crippen MR) is 83.5 cm³/mol. The molecule has 2 aromatic rings. The molecule has 0 heterocycles. The molecule has 0 bridgehead atoms. The van der Waals surface area contributed by atoms with Gasteiger partial charge in [-0.3, -0.25) is 4.79 Å². The van der Waals surface area contributed by atoms with Crippen LogP contribution in [0, 0.1) is 0 Å². The summed E-state index contributed by atoms with van der Waals surface area (Å²) in [5.41, 5.74) is 9.69. The van der Waals surface area contributed by atoms with E-state index in [-0.39, 0.29) is 5.91 Å². The number of amides is 1. The van der Waals surface area contributed by atoms with Gasteiger partial charge in [-0.15, -0.1) is 0 Å². The first-order valence-corrected chi connectivity index (χ1v) is 6.81. The second kappa shape index (κ2) is 6.24. The quantitative estimate of drug-likeness (QED) is 0.864. The Morgan fingerprint density at radius 3 is 2.30 bits per heavy atom. The Bertz CT molecular complexity index is 590. The normalized spacial score (nSPS) is 10.3. The first kappa shape index (κ1) is 14.1. The molecule has 1 amide bonds. The molecule has 0 aliphatic rings. The van der Waals surface area contributed by atoms with Gasteiger partial charge in [-0.1, -0.05) is 37.3 Å². The topological polar surface area (TPSA) is 46.3 Å². The van der Waals surface area contributed by atoms with Crippen LogP contribution in [0.25, 0.3) is 0 Å². The van der Waals surface area contributed by atoms with Gasteiger partial charge in [0.1, 0.15) is 0 Å². The van der Waals surface area contributed by atoms with E-state index in [1.807, 2.05) is 24.3 Å². The van der Waals surface area contributed by atoms with Crippen molar-refractivity contribution < 1.29 is 4.79 Å². The fraction of sp³-hybridized carbons (Fsp3) is 0.235. The largest absolute Gasteiger partial charge is 0.399 e. The Morgan fingerprint density at radius 1 is 1.10 bits per heavy atom. The van der Waals surface area contributed by atoms with Gasteiger partial charge in [-0.2, -0.15) is 0 Å². The van der Waals surface area contributed by atoms with Crippen LogP contribution in [-0.4, -0.2) is 5.91 Å². The summed E-state index contributed by atoms with van der Waals surface area (Å²) in [6.07, 6.45) is 1.02. The summed E-state index contributed by atoms with van der Waals surface area (Å²) >= 11 is 0. The molecule has 3 nitrogen and oxygen atoms in total. The van der Waals surface area contributed by atoms with Crippen molar-refractivity contribution in [3.63, 3.8) is 0 Å². The number of hydrogen-bond donors (Lipinski definition) is 1. The van der Waals surface area contributed by atoms with Crippen molar-refractivity contribution in [2.24, 2.45) is 0 Å². The number of benzene rings is 2. The molecule has 0 aromatic heterocycles. The standard InChI is InChI=1S/C17H20N2O/c1-3-14-7-9-15(10-8-14)12-19(13(2)20)17-6-4-5-16(18)11-17/h4-11H,3,12,18H2,1-2H3. The molecule has 0 radical (unpaired) electrons. The van der Waals surface area contributed by atoms with Crippen LogP contribution < -0.4 is 10.6 Å². The van der Waals surface area contributed by atoms with Crippen molar-refractivity contribution in [1.29, 1.82) is 0 Å². The highest BCUT2D eigenvalue weighted by Gasteiger charge is 2.12. The van der Waals surface area contributed by atoms with Gasteiger partial charge < -0.3 is 10.6 Å². The number of anilines is 2. The van der Waals surface area contributed by atoms with E-state index in [1.165, 1.54) is 5.56 Å². The van der Waals surface area contributed by atoms with Crippen LogP contribution in [0.3, 0.4) is 0 Å². The maximum Gasteiger partial charge on any atom is 0.224 e. The van der Waals surface area contributed by atoms with Crippen LogP contribution in [-0.2, 0) is 17.8 Å². The van der Waals surface area contributed by atoms with E-state index < -0.39 is 0 Å². The van der Waals surface area contributed by atoms with Gasteiger partial charge in [-0.25, -0.2) is 0 Å². The Balaban J connectivity index is 2.23. The summed E-state index contributed by atoms with van der Waals surface area (Å²) in [5, 5.41) is 0. The average Bonchev–Trinajstić information content (AvgIpc) is 2.45. The fourth-order valence-electron chi connectivity index (χ4n) is 2.14. The minimum Gasteiger partial charge on any atom is -0.399 e. The smallest absolute Gasteiger partial charge is 0.224 e. The molecule has 0 aliphatic heterocycles. The summed E-state index contributed by atoms with van der Waals surface area (Å²) in [4.78, 5) is 13.6. The molecular weight excluding hydrogens is 248 g/mol. The lowest BCUT2D eigenvalue weighted by atomic mass is 10.1. The lowest BCUT2D eigenvalue weighted by Crippen LogP contribution is -2.27. The Labute approximate surface area is 120 Å². The first-order valence-electron chi connectivity index (χ1n) is 6.81. The number of aryl methyl sites for hydroxylation is 1. The first-order chi connectivity index (χ1) is 9.60. The molecule has 0 spiro atoms. The van der Waals surface area contributed by atoms with E-state index in [0.29, 0.717) is 12.2 Å². The molecule has 0 fully saturated rings. The van der Waals surface area contributed by atoms with E-state index in [2.05, 4.69) is 31.2 Å². The third-order valence-corrected chi connectivity index (χ3v) is 3.33. The second-order valence-electron chi connectivity index (χ2n) is 4.87. The molecule has 0 unspecified atom stereocenters. The van der Waals surface area contributed by atoms with Crippen LogP contribution in [0.15, 0.2) is 48.5 Å². The van der Waals surface area contributed by atoms with Gasteiger partial charge in [0.25, 0.3) is 0 Å². The molecule has 2 N–H and O–H groups in total. The Kier molecular flexibility index (Phi) is 4.41. The maximum absolute atomic E-state index is 11.9. The molecule has 20 heavy (non-hydrogen) atoms. The minimum absolute atomic E-state index is 0.00941. The number of hydrogen-bond acceptors (Lipinski definition) is 2. The molecule has 104 valence electrons. The van der Waals surface area contributed by atoms with Crippen molar-refractivity contribution in [2.75, 3.05) is 10.6 Å². The number of rotatable bonds is 4. The number of carbonyl (C=O) groups excluding carboxylic acids is 1. The van der Waals surface area contributed by atoms with E-state index in [1.54, 1.807) is 11.8 Å². The van der Waals surface area contributed by atoms with Gasteiger partial charge in [0.15, 0.2) is 0 Å². The highest BCUT2D eigenvalue weighted by molar-refractivity contribution is 5.91. The molecule has 3 heteroatoms. The summed E-state index contributed by atoms with van der Waals surface area (Å²) in [5.74, 6) is 0.00941. The zero-order valence-electron chi connectivity index (χ0n) is 12.0. The highest BCUT2D eigenvalue weighted by atomic mass is 16.2. The van der Waals surface area contributed by atoms with Crippen molar-refractivity contribution in [3.8, 4) is 0 Å². The number of carbonyl (C=O) groups is 1. The fourth-order valence-corrected chi connectivity index (χ4v) is 2.14. The summed E-state index contributed by atoms with van der Waals surface area (Å²) in [6, 6.07) is 15.8. The van der Waals surface area contributed by atoms with Crippen molar-refractivity contribution >= 4 is 17.3 Å². The molecular formula is C17H20N2O. The number of nitrogens with zero attached hydrogens (tertiary/aromatic N) is 1. The Hall–Kier alpha value is -2.29. The summed E-state index contributed by atoms with van der Waals surface area (Å²) in [6.45, 7) is 4.26. The van der Waals surface area contributed by atoms with E-state index in [0.717, 1.165) is 17.7 Å². The third-order valence-electron chi connectivity index (χ3n) is 3.33. The van der Waals surface area contributed by atoms with Crippen molar-refractivity contribution in [2.45, 2.75) is 26.8 Å². The SMILES string of the molecule is CCc1ccc(CN(C(C)=O)c2cccc(N)c2)cc1. The highest BCUT2D eigenvalue weighted by Crippen LogP contribution is 2.20. The van der Waals surface area contributed by atoms with Gasteiger partial charge in [-0.05, 0) is 35.7 Å². The van der Waals surface area contributed by atoms with Gasteiger partial charge in [0.05, 0.1) is 6.54 Å². The van der Waals surface area contributed by atoms with Crippen molar-refractivity contribution in [1.82, 2.24) is 0 Å². The monoisotopic (exact) mass is 268 g/mol. The predicted octanol–water partition coefficient (Wildman–Crippen LogP) is 3.38. The lowest BCUT2D eigenvalue weighted by molar-refractivity contribution is -0.116. The molecule has 2 aromatic carbocycles. The third kappa shape index (κ3) is 3.38. The summed E-state index contributed by atoms with van der Waals surface area (Å²) < 4.78 is 0. The van der Waals surface area contributed by atoms with Crippen LogP contribution in [0.1, 0.15) is 25.0 Å². The van der Waals surface area contributed by atoms with Crippen LogP contribution in [0.5, 0.6) is 0 Å². The minimum atomic E-state index is 0.00941. The van der Waals surface area contributed by atoms with Crippen LogP contribution in [0.2, 0.25) is 0 Å². The Morgan fingerprint density at radius 2 is 1.75 bits per heavy atom. The van der Waals surface area contributed by atoms with E-state index in [4.69, 9.17) is 5.73 Å². The van der Waals surface area contributed by atoms with Gasteiger partial charge in [0, 0.05) is 18.3 Å². The maximum atomic E-state index is 11.9. The number of nitrogen functional groups attached to an aromatic ring is 1. The summed E-state index contributed by atoms with van der Waals surface area (Å²) in [7, 11) is 0. The molecule has 0 saturated heterocycles. The number of nitrogens with two attached hydrogens (primary N) is 1. The van der Waals surface area contributed by atoms with Crippen LogP contribution >= 0.6 is 0 Å². The van der Waals surface area contributed by atoms with Crippen molar-refractivity contribution in [3.05, 3.63) is 59.7 Å². The van der Waals surface area contributed by atoms with E-state index in [9.17, 15) is 4.79 Å². The molecule has 2 rings (SSSR count). The zero-order valence-corrected chi connectivity index (χ0v) is 12.0. The molecule has 0 saturated carbocycles. The average molecular weight is 268 g/mol. The molecule has 0 atom stereocenters.